The van der Waals surface area contributed by atoms with Gasteiger partial charge in [-0.25, -0.2) is 0 Å². The van der Waals surface area contributed by atoms with Crippen LogP contribution in [0.15, 0.2) is 36.4 Å². The molecule has 3 nitrogen and oxygen atoms in total. The maximum atomic E-state index is 10.2. The molecule has 3 rings (SSSR count). The van der Waals surface area contributed by atoms with Crippen molar-refractivity contribution < 1.29 is 5.11 Å². The summed E-state index contributed by atoms with van der Waals surface area (Å²) in [6.45, 7) is 6.41. The third-order valence-corrected chi connectivity index (χ3v) is 4.54. The van der Waals surface area contributed by atoms with Crippen molar-refractivity contribution in [3.05, 3.63) is 42.0 Å². The molecule has 0 spiro atoms. The average Bonchev–Trinajstić information content (AvgIpc) is 2.54. The van der Waals surface area contributed by atoms with Crippen LogP contribution in [0.5, 0.6) is 5.75 Å². The number of benzene rings is 2. The maximum absolute atomic E-state index is 10.2. The van der Waals surface area contributed by atoms with Crippen molar-refractivity contribution in [2.24, 2.45) is 0 Å². The highest BCUT2D eigenvalue weighted by Gasteiger charge is 2.18. The van der Waals surface area contributed by atoms with E-state index in [0.717, 1.165) is 30.6 Å². The van der Waals surface area contributed by atoms with E-state index >= 15 is 0 Å². The van der Waals surface area contributed by atoms with E-state index in [1.807, 2.05) is 18.2 Å². The molecule has 0 amide bonds. The summed E-state index contributed by atoms with van der Waals surface area (Å²) < 4.78 is 0. The summed E-state index contributed by atoms with van der Waals surface area (Å²) in [5, 5.41) is 16.2. The summed E-state index contributed by atoms with van der Waals surface area (Å²) in [6, 6.07) is 12.6. The van der Waals surface area contributed by atoms with Gasteiger partial charge in [-0.15, -0.1) is 0 Å². The third-order valence-electron chi connectivity index (χ3n) is 4.54. The first-order chi connectivity index (χ1) is 10.3. The molecule has 1 saturated heterocycles. The average molecular weight is 284 g/mol. The number of piperidine rings is 1. The van der Waals surface area contributed by atoms with Gasteiger partial charge in [0.15, 0.2) is 0 Å². The SMILES string of the molecule is CCN1CCCC(NCc2c(O)ccc3ccccc23)C1. The highest BCUT2D eigenvalue weighted by Crippen LogP contribution is 2.27. The summed E-state index contributed by atoms with van der Waals surface area (Å²) in [6.07, 6.45) is 2.48. The van der Waals surface area contributed by atoms with Gasteiger partial charge < -0.3 is 15.3 Å². The van der Waals surface area contributed by atoms with Gasteiger partial charge in [0.25, 0.3) is 0 Å². The number of hydrogen-bond donors (Lipinski definition) is 2. The molecule has 0 saturated carbocycles. The molecule has 0 aromatic heterocycles. The van der Waals surface area contributed by atoms with Crippen LogP contribution in [0.2, 0.25) is 0 Å². The van der Waals surface area contributed by atoms with Crippen LogP contribution >= 0.6 is 0 Å². The van der Waals surface area contributed by atoms with Gasteiger partial charge >= 0.3 is 0 Å². The molecule has 112 valence electrons. The van der Waals surface area contributed by atoms with Gasteiger partial charge in [-0.1, -0.05) is 37.3 Å². The number of phenols is 1. The smallest absolute Gasteiger partial charge is 0.120 e. The van der Waals surface area contributed by atoms with Gasteiger partial charge in [-0.05, 0) is 42.8 Å². The molecular formula is C18H24N2O. The van der Waals surface area contributed by atoms with Crippen LogP contribution in [0, 0.1) is 0 Å². The Kier molecular flexibility index (Phi) is 4.42. The minimum atomic E-state index is 0.393. The molecule has 2 N–H and O–H groups in total. The zero-order valence-electron chi connectivity index (χ0n) is 12.7. The lowest BCUT2D eigenvalue weighted by Crippen LogP contribution is -2.45. The maximum Gasteiger partial charge on any atom is 0.120 e. The lowest BCUT2D eigenvalue weighted by Gasteiger charge is -2.32. The monoisotopic (exact) mass is 284 g/mol. The molecule has 0 bridgehead atoms. The highest BCUT2D eigenvalue weighted by atomic mass is 16.3. The predicted molar refractivity (Wildman–Crippen MR) is 87.6 cm³/mol. The molecule has 1 heterocycles. The summed E-state index contributed by atoms with van der Waals surface area (Å²) >= 11 is 0. The largest absolute Gasteiger partial charge is 0.508 e. The number of nitrogens with zero attached hydrogens (tertiary/aromatic N) is 1. The highest BCUT2D eigenvalue weighted by molar-refractivity contribution is 5.87. The zero-order valence-corrected chi connectivity index (χ0v) is 12.7. The molecule has 0 aliphatic carbocycles. The quantitative estimate of drug-likeness (QED) is 0.905. The Morgan fingerprint density at radius 1 is 1.24 bits per heavy atom. The Labute approximate surface area is 126 Å². The molecule has 1 unspecified atom stereocenters. The van der Waals surface area contributed by atoms with Crippen molar-refractivity contribution >= 4 is 10.8 Å². The first-order valence-electron chi connectivity index (χ1n) is 7.93. The van der Waals surface area contributed by atoms with E-state index in [0.29, 0.717) is 11.8 Å². The van der Waals surface area contributed by atoms with E-state index in [1.54, 1.807) is 6.07 Å². The number of fused-ring (bicyclic) bond motifs is 1. The Balaban J connectivity index is 1.74. The Bertz CT molecular complexity index is 611. The van der Waals surface area contributed by atoms with E-state index in [4.69, 9.17) is 0 Å². The molecule has 1 fully saturated rings. The van der Waals surface area contributed by atoms with Crippen molar-refractivity contribution in [1.82, 2.24) is 10.2 Å². The van der Waals surface area contributed by atoms with Crippen LogP contribution in [0.25, 0.3) is 10.8 Å². The molecule has 3 heteroatoms. The molecule has 2 aromatic rings. The fourth-order valence-electron chi connectivity index (χ4n) is 3.27. The standard InChI is InChI=1S/C18H24N2O/c1-2-20-11-5-7-15(13-20)19-12-17-16-8-4-3-6-14(16)9-10-18(17)21/h3-4,6,8-10,15,19,21H,2,5,7,11-13H2,1H3. The first kappa shape index (κ1) is 14.4. The molecule has 1 aliphatic heterocycles. The Morgan fingerprint density at radius 3 is 2.95 bits per heavy atom. The van der Waals surface area contributed by atoms with Crippen LogP contribution in [-0.2, 0) is 6.54 Å². The van der Waals surface area contributed by atoms with Gasteiger partial charge in [0.1, 0.15) is 5.75 Å². The second-order valence-electron chi connectivity index (χ2n) is 5.90. The molecule has 0 radical (unpaired) electrons. The normalized spacial score (nSPS) is 20.0. The summed E-state index contributed by atoms with van der Waals surface area (Å²) in [5.41, 5.74) is 1.02. The summed E-state index contributed by atoms with van der Waals surface area (Å²) in [5.74, 6) is 0.393. The van der Waals surface area contributed by atoms with Crippen molar-refractivity contribution in [1.29, 1.82) is 0 Å². The van der Waals surface area contributed by atoms with Crippen LogP contribution in [0.3, 0.4) is 0 Å². The number of nitrogens with one attached hydrogen (secondary N) is 1. The lowest BCUT2D eigenvalue weighted by molar-refractivity contribution is 0.198. The van der Waals surface area contributed by atoms with Crippen molar-refractivity contribution in [3.63, 3.8) is 0 Å². The number of likely N-dealkylation sites (tertiary alicyclic amines) is 1. The van der Waals surface area contributed by atoms with Crippen LogP contribution in [0.1, 0.15) is 25.3 Å². The van der Waals surface area contributed by atoms with Crippen molar-refractivity contribution in [3.8, 4) is 5.75 Å². The summed E-state index contributed by atoms with van der Waals surface area (Å²) in [7, 11) is 0. The van der Waals surface area contributed by atoms with E-state index in [-0.39, 0.29) is 0 Å². The minimum Gasteiger partial charge on any atom is -0.508 e. The fraction of sp³-hybridized carbons (Fsp3) is 0.444. The van der Waals surface area contributed by atoms with Gasteiger partial charge in [0.05, 0.1) is 0 Å². The number of likely N-dealkylation sites (N-methyl/N-ethyl adjacent to an activating group) is 1. The van der Waals surface area contributed by atoms with Crippen molar-refractivity contribution in [2.75, 3.05) is 19.6 Å². The number of hydrogen-bond acceptors (Lipinski definition) is 3. The molecule has 21 heavy (non-hydrogen) atoms. The van der Waals surface area contributed by atoms with Gasteiger partial charge in [0, 0.05) is 24.7 Å². The summed E-state index contributed by atoms with van der Waals surface area (Å²) in [4.78, 5) is 2.49. The van der Waals surface area contributed by atoms with Crippen LogP contribution in [0.4, 0.5) is 0 Å². The lowest BCUT2D eigenvalue weighted by atomic mass is 10.0. The van der Waals surface area contributed by atoms with Crippen molar-refractivity contribution in [2.45, 2.75) is 32.4 Å². The van der Waals surface area contributed by atoms with Crippen LogP contribution < -0.4 is 5.32 Å². The van der Waals surface area contributed by atoms with Crippen LogP contribution in [-0.4, -0.2) is 35.7 Å². The fourth-order valence-corrected chi connectivity index (χ4v) is 3.27. The van der Waals surface area contributed by atoms with E-state index in [9.17, 15) is 5.11 Å². The molecular weight excluding hydrogens is 260 g/mol. The van der Waals surface area contributed by atoms with E-state index in [2.05, 4.69) is 29.3 Å². The van der Waals surface area contributed by atoms with Gasteiger partial charge in [-0.2, -0.15) is 0 Å². The van der Waals surface area contributed by atoms with E-state index in [1.165, 1.54) is 24.8 Å². The zero-order chi connectivity index (χ0) is 14.7. The molecule has 1 aliphatic rings. The molecule has 2 aromatic carbocycles. The van der Waals surface area contributed by atoms with E-state index < -0.39 is 0 Å². The number of rotatable bonds is 4. The van der Waals surface area contributed by atoms with Gasteiger partial charge in [0.2, 0.25) is 0 Å². The first-order valence-corrected chi connectivity index (χ1v) is 7.93. The molecule has 1 atom stereocenters. The number of aromatic hydroxyl groups is 1. The second kappa shape index (κ2) is 6.46. The minimum absolute atomic E-state index is 0.393. The third kappa shape index (κ3) is 3.20. The van der Waals surface area contributed by atoms with Gasteiger partial charge in [-0.3, -0.25) is 0 Å². The Hall–Kier alpha value is -1.58. The Morgan fingerprint density at radius 2 is 2.10 bits per heavy atom. The second-order valence-corrected chi connectivity index (χ2v) is 5.90. The topological polar surface area (TPSA) is 35.5 Å². The number of phenolic OH excluding ortho intramolecular Hbond substituents is 1. The predicted octanol–water partition coefficient (Wildman–Crippen LogP) is 3.12.